The standard InChI is InChI=1S/C16H13N3O2S/c1-9-3-2-5-19-14(9)18-16(21)13-11(10-4-6-22-8-10)7-12(20)17-15(13)19/h2-6,8,11H,7H2,1H3,(H,17,20)/t11-/m1/s1. The third kappa shape index (κ3) is 1.88. The van der Waals surface area contributed by atoms with Gasteiger partial charge in [-0.15, -0.1) is 0 Å². The number of rotatable bonds is 1. The second kappa shape index (κ2) is 4.78. The van der Waals surface area contributed by atoms with Crippen molar-refractivity contribution in [2.24, 2.45) is 0 Å². The number of anilines is 1. The maximum absolute atomic E-state index is 12.6. The predicted octanol–water partition coefficient (Wildman–Crippen LogP) is 2.54. The van der Waals surface area contributed by atoms with Crippen LogP contribution in [0.5, 0.6) is 0 Å². The molecule has 1 atom stereocenters. The van der Waals surface area contributed by atoms with Gasteiger partial charge in [0.2, 0.25) is 5.91 Å². The van der Waals surface area contributed by atoms with Gasteiger partial charge >= 0.3 is 0 Å². The van der Waals surface area contributed by atoms with Crippen LogP contribution in [0.25, 0.3) is 5.65 Å². The summed E-state index contributed by atoms with van der Waals surface area (Å²) in [6, 6.07) is 5.74. The van der Waals surface area contributed by atoms with E-state index in [1.807, 2.05) is 42.1 Å². The molecule has 1 aliphatic rings. The summed E-state index contributed by atoms with van der Waals surface area (Å²) in [6.07, 6.45) is 2.10. The zero-order valence-electron chi connectivity index (χ0n) is 11.9. The van der Waals surface area contributed by atoms with E-state index in [4.69, 9.17) is 0 Å². The van der Waals surface area contributed by atoms with E-state index in [9.17, 15) is 9.59 Å². The largest absolute Gasteiger partial charge is 0.311 e. The molecule has 0 saturated heterocycles. The van der Waals surface area contributed by atoms with Gasteiger partial charge in [0, 0.05) is 18.5 Å². The Hall–Kier alpha value is -2.47. The van der Waals surface area contributed by atoms with E-state index < -0.39 is 0 Å². The average molecular weight is 311 g/mol. The fraction of sp³-hybridized carbons (Fsp3) is 0.188. The highest BCUT2D eigenvalue weighted by molar-refractivity contribution is 7.08. The zero-order valence-corrected chi connectivity index (χ0v) is 12.7. The van der Waals surface area contributed by atoms with Gasteiger partial charge in [0.25, 0.3) is 5.56 Å². The number of amides is 1. The zero-order chi connectivity index (χ0) is 15.3. The van der Waals surface area contributed by atoms with Crippen LogP contribution in [-0.4, -0.2) is 15.3 Å². The molecule has 3 aromatic rings. The van der Waals surface area contributed by atoms with Crippen LogP contribution in [0.3, 0.4) is 0 Å². The molecular formula is C16H13N3O2S. The number of thiophene rings is 1. The number of carbonyl (C=O) groups excluding carboxylic acids is 1. The Morgan fingerprint density at radius 1 is 1.36 bits per heavy atom. The molecule has 0 aromatic carbocycles. The fourth-order valence-corrected chi connectivity index (χ4v) is 3.70. The van der Waals surface area contributed by atoms with Gasteiger partial charge < -0.3 is 5.32 Å². The molecule has 0 bridgehead atoms. The molecule has 0 fully saturated rings. The van der Waals surface area contributed by atoms with Gasteiger partial charge in [0.15, 0.2) is 0 Å². The van der Waals surface area contributed by atoms with Crippen molar-refractivity contribution in [1.82, 2.24) is 9.38 Å². The van der Waals surface area contributed by atoms with Crippen molar-refractivity contribution in [2.75, 3.05) is 5.32 Å². The first-order valence-corrected chi connectivity index (χ1v) is 7.93. The van der Waals surface area contributed by atoms with Gasteiger partial charge in [-0.3, -0.25) is 14.0 Å². The second-order valence-corrected chi connectivity index (χ2v) is 6.21. The smallest absolute Gasteiger partial charge is 0.279 e. The molecule has 0 saturated carbocycles. The van der Waals surface area contributed by atoms with Gasteiger partial charge in [-0.2, -0.15) is 16.3 Å². The number of aryl methyl sites for hydroxylation is 1. The van der Waals surface area contributed by atoms with Crippen molar-refractivity contribution in [1.29, 1.82) is 0 Å². The normalized spacial score (nSPS) is 17.3. The molecule has 0 aliphatic carbocycles. The van der Waals surface area contributed by atoms with Gasteiger partial charge in [0.05, 0.1) is 5.56 Å². The molecule has 6 heteroatoms. The number of aromatic nitrogens is 2. The van der Waals surface area contributed by atoms with Crippen molar-refractivity contribution in [3.05, 3.63) is 62.2 Å². The molecule has 110 valence electrons. The maximum Gasteiger partial charge on any atom is 0.279 e. The molecule has 22 heavy (non-hydrogen) atoms. The van der Waals surface area contributed by atoms with Crippen LogP contribution in [0.4, 0.5) is 5.82 Å². The summed E-state index contributed by atoms with van der Waals surface area (Å²) in [5.74, 6) is 0.239. The van der Waals surface area contributed by atoms with Crippen LogP contribution < -0.4 is 10.9 Å². The number of nitrogens with zero attached hydrogens (tertiary/aromatic N) is 2. The summed E-state index contributed by atoms with van der Waals surface area (Å²) in [6.45, 7) is 1.90. The molecule has 3 aromatic heterocycles. The Kier molecular flexibility index (Phi) is 2.87. The van der Waals surface area contributed by atoms with E-state index in [0.29, 0.717) is 17.0 Å². The highest BCUT2D eigenvalue weighted by atomic mass is 32.1. The van der Waals surface area contributed by atoms with Crippen LogP contribution >= 0.6 is 11.3 Å². The molecule has 1 N–H and O–H groups in total. The van der Waals surface area contributed by atoms with Gasteiger partial charge in [-0.1, -0.05) is 6.07 Å². The molecule has 4 rings (SSSR count). The number of nitrogens with one attached hydrogen (secondary N) is 1. The van der Waals surface area contributed by atoms with E-state index in [-0.39, 0.29) is 23.8 Å². The summed E-state index contributed by atoms with van der Waals surface area (Å²) in [5, 5.41) is 6.79. The fourth-order valence-electron chi connectivity index (χ4n) is 2.99. The first-order valence-electron chi connectivity index (χ1n) is 6.99. The van der Waals surface area contributed by atoms with Crippen molar-refractivity contribution in [2.45, 2.75) is 19.3 Å². The van der Waals surface area contributed by atoms with Crippen LogP contribution in [0.1, 0.15) is 29.0 Å². The number of hydrogen-bond acceptors (Lipinski definition) is 4. The highest BCUT2D eigenvalue weighted by Crippen LogP contribution is 2.35. The van der Waals surface area contributed by atoms with Crippen molar-refractivity contribution in [3.8, 4) is 0 Å². The third-order valence-electron chi connectivity index (χ3n) is 4.04. The first-order chi connectivity index (χ1) is 10.6. The molecule has 1 amide bonds. The molecule has 5 nitrogen and oxygen atoms in total. The van der Waals surface area contributed by atoms with E-state index >= 15 is 0 Å². The Morgan fingerprint density at radius 3 is 3.00 bits per heavy atom. The Bertz CT molecular complexity index is 944. The molecule has 0 radical (unpaired) electrons. The SMILES string of the molecule is Cc1cccn2c3c(c(=O)nc12)[C@@H](c1ccsc1)CC(=O)N3. The van der Waals surface area contributed by atoms with Gasteiger partial charge in [0.1, 0.15) is 11.5 Å². The maximum atomic E-state index is 12.6. The Morgan fingerprint density at radius 2 is 2.23 bits per heavy atom. The van der Waals surface area contributed by atoms with Gasteiger partial charge in [-0.05, 0) is 40.9 Å². The van der Waals surface area contributed by atoms with Crippen molar-refractivity contribution in [3.63, 3.8) is 0 Å². The van der Waals surface area contributed by atoms with Crippen LogP contribution in [-0.2, 0) is 4.79 Å². The summed E-state index contributed by atoms with van der Waals surface area (Å²) < 4.78 is 1.79. The van der Waals surface area contributed by atoms with Crippen LogP contribution in [0, 0.1) is 6.92 Å². The quantitative estimate of drug-likeness (QED) is 0.751. The predicted molar refractivity (Wildman–Crippen MR) is 85.6 cm³/mol. The molecular weight excluding hydrogens is 298 g/mol. The number of carbonyl (C=O) groups is 1. The highest BCUT2D eigenvalue weighted by Gasteiger charge is 2.31. The third-order valence-corrected chi connectivity index (χ3v) is 4.74. The van der Waals surface area contributed by atoms with E-state index in [1.54, 1.807) is 15.7 Å². The molecule has 0 spiro atoms. The number of hydrogen-bond donors (Lipinski definition) is 1. The van der Waals surface area contributed by atoms with Crippen LogP contribution in [0.2, 0.25) is 0 Å². The van der Waals surface area contributed by atoms with Crippen molar-refractivity contribution >= 4 is 28.7 Å². The van der Waals surface area contributed by atoms with Crippen LogP contribution in [0.15, 0.2) is 40.0 Å². The summed E-state index contributed by atoms with van der Waals surface area (Å²) in [5.41, 5.74) is 2.78. The number of pyridine rings is 1. The minimum absolute atomic E-state index is 0.0791. The van der Waals surface area contributed by atoms with E-state index in [2.05, 4.69) is 10.3 Å². The summed E-state index contributed by atoms with van der Waals surface area (Å²) in [4.78, 5) is 28.9. The van der Waals surface area contributed by atoms with E-state index in [0.717, 1.165) is 11.1 Å². The second-order valence-electron chi connectivity index (χ2n) is 5.43. The lowest BCUT2D eigenvalue weighted by Gasteiger charge is -2.25. The Labute approximate surface area is 130 Å². The lowest BCUT2D eigenvalue weighted by atomic mass is 9.88. The molecule has 0 unspecified atom stereocenters. The summed E-state index contributed by atoms with van der Waals surface area (Å²) in [7, 11) is 0. The van der Waals surface area contributed by atoms with E-state index in [1.165, 1.54) is 0 Å². The number of fused-ring (bicyclic) bond motifs is 3. The van der Waals surface area contributed by atoms with Crippen molar-refractivity contribution < 1.29 is 4.79 Å². The Balaban J connectivity index is 2.07. The lowest BCUT2D eigenvalue weighted by Crippen LogP contribution is -2.32. The van der Waals surface area contributed by atoms with Gasteiger partial charge in [-0.25, -0.2) is 0 Å². The lowest BCUT2D eigenvalue weighted by molar-refractivity contribution is -0.116. The first kappa shape index (κ1) is 13.2. The average Bonchev–Trinajstić information content (AvgIpc) is 3.02. The summed E-state index contributed by atoms with van der Waals surface area (Å²) >= 11 is 1.56. The monoisotopic (exact) mass is 311 g/mol. The topological polar surface area (TPSA) is 63.5 Å². The molecule has 4 heterocycles. The minimum Gasteiger partial charge on any atom is -0.311 e. The minimum atomic E-state index is -0.263. The molecule has 1 aliphatic heterocycles.